The molecule has 1 atom stereocenters. The van der Waals surface area contributed by atoms with Crippen LogP contribution in [0.1, 0.15) is 29.2 Å². The standard InChI is InChI=1S/C18H16FNO2/c19-16-8-6-14(7-9-16)18-12-17(20-22-18)15-5-1-3-13(11-15)4-2-10-21/h1-9,11,18,21H,10,12H2. The van der Waals surface area contributed by atoms with E-state index in [0.29, 0.717) is 6.42 Å². The quantitative estimate of drug-likeness (QED) is 0.935. The fraction of sp³-hybridized carbons (Fsp3) is 0.167. The molecule has 0 bridgehead atoms. The van der Waals surface area contributed by atoms with Crippen molar-refractivity contribution in [3.05, 3.63) is 77.1 Å². The third-order valence-corrected chi connectivity index (χ3v) is 3.55. The van der Waals surface area contributed by atoms with Gasteiger partial charge in [-0.1, -0.05) is 47.6 Å². The summed E-state index contributed by atoms with van der Waals surface area (Å²) in [5.74, 6) is -0.258. The van der Waals surface area contributed by atoms with Crippen LogP contribution in [0, 0.1) is 5.82 Å². The van der Waals surface area contributed by atoms with Crippen LogP contribution in [0.25, 0.3) is 6.08 Å². The SMILES string of the molecule is OCC=Cc1cccc(C2=NOC(c3ccc(F)cc3)C2)c1. The van der Waals surface area contributed by atoms with E-state index in [1.54, 1.807) is 18.2 Å². The van der Waals surface area contributed by atoms with E-state index in [9.17, 15) is 4.39 Å². The van der Waals surface area contributed by atoms with Crippen LogP contribution in [0.3, 0.4) is 0 Å². The predicted octanol–water partition coefficient (Wildman–Crippen LogP) is 3.70. The molecule has 1 aliphatic rings. The third kappa shape index (κ3) is 3.23. The molecule has 0 amide bonds. The molecule has 0 aromatic heterocycles. The summed E-state index contributed by atoms with van der Waals surface area (Å²) in [6.45, 7) is 0.0148. The van der Waals surface area contributed by atoms with Gasteiger partial charge in [0.05, 0.1) is 12.3 Å². The van der Waals surface area contributed by atoms with E-state index >= 15 is 0 Å². The van der Waals surface area contributed by atoms with Gasteiger partial charge in [0, 0.05) is 12.0 Å². The number of aliphatic hydroxyl groups excluding tert-OH is 1. The van der Waals surface area contributed by atoms with Gasteiger partial charge in [-0.25, -0.2) is 4.39 Å². The molecule has 3 nitrogen and oxygen atoms in total. The van der Waals surface area contributed by atoms with E-state index in [0.717, 1.165) is 22.4 Å². The minimum atomic E-state index is -0.258. The molecule has 112 valence electrons. The molecular formula is C18H16FNO2. The number of nitrogens with zero attached hydrogens (tertiary/aromatic N) is 1. The first kappa shape index (κ1) is 14.5. The van der Waals surface area contributed by atoms with Gasteiger partial charge in [0.25, 0.3) is 0 Å². The lowest BCUT2D eigenvalue weighted by atomic mass is 9.99. The van der Waals surface area contributed by atoms with Gasteiger partial charge in [-0.2, -0.15) is 0 Å². The molecule has 2 aromatic carbocycles. The Morgan fingerprint density at radius 3 is 2.82 bits per heavy atom. The van der Waals surface area contributed by atoms with Crippen molar-refractivity contribution in [2.24, 2.45) is 5.16 Å². The molecule has 0 saturated heterocycles. The van der Waals surface area contributed by atoms with Crippen LogP contribution in [0.15, 0.2) is 59.8 Å². The molecule has 0 spiro atoms. The van der Waals surface area contributed by atoms with Crippen LogP contribution >= 0.6 is 0 Å². The molecule has 4 heteroatoms. The Morgan fingerprint density at radius 2 is 2.05 bits per heavy atom. The lowest BCUT2D eigenvalue weighted by molar-refractivity contribution is 0.0857. The summed E-state index contributed by atoms with van der Waals surface area (Å²) in [5.41, 5.74) is 3.77. The van der Waals surface area contributed by atoms with Crippen LogP contribution in [-0.2, 0) is 4.84 Å². The van der Waals surface area contributed by atoms with Gasteiger partial charge in [-0.05, 0) is 29.3 Å². The van der Waals surface area contributed by atoms with Crippen LogP contribution in [0.5, 0.6) is 0 Å². The van der Waals surface area contributed by atoms with Crippen molar-refractivity contribution in [3.8, 4) is 0 Å². The molecule has 0 radical (unpaired) electrons. The van der Waals surface area contributed by atoms with Crippen molar-refractivity contribution in [1.29, 1.82) is 0 Å². The number of hydrogen-bond donors (Lipinski definition) is 1. The Hall–Kier alpha value is -2.46. The van der Waals surface area contributed by atoms with Crippen molar-refractivity contribution < 1.29 is 14.3 Å². The molecule has 1 unspecified atom stereocenters. The maximum atomic E-state index is 13.0. The smallest absolute Gasteiger partial charge is 0.158 e. The fourth-order valence-corrected chi connectivity index (χ4v) is 2.41. The third-order valence-electron chi connectivity index (χ3n) is 3.55. The zero-order valence-corrected chi connectivity index (χ0v) is 11.9. The minimum absolute atomic E-state index is 0.0148. The van der Waals surface area contributed by atoms with Crippen molar-refractivity contribution in [2.75, 3.05) is 6.61 Å². The average Bonchev–Trinajstić information content (AvgIpc) is 3.04. The van der Waals surface area contributed by atoms with Crippen molar-refractivity contribution in [3.63, 3.8) is 0 Å². The summed E-state index contributed by atoms with van der Waals surface area (Å²) in [6, 6.07) is 14.2. The summed E-state index contributed by atoms with van der Waals surface area (Å²) >= 11 is 0. The van der Waals surface area contributed by atoms with E-state index in [4.69, 9.17) is 9.94 Å². The number of aliphatic hydroxyl groups is 1. The molecule has 0 fully saturated rings. The Bertz CT molecular complexity index is 707. The van der Waals surface area contributed by atoms with Crippen molar-refractivity contribution in [2.45, 2.75) is 12.5 Å². The Kier molecular flexibility index (Phi) is 4.30. The molecule has 1 N–H and O–H groups in total. The second-order valence-electron chi connectivity index (χ2n) is 5.10. The first-order valence-corrected chi connectivity index (χ1v) is 7.12. The van der Waals surface area contributed by atoms with Crippen molar-refractivity contribution >= 4 is 11.8 Å². The highest BCUT2D eigenvalue weighted by Crippen LogP contribution is 2.29. The summed E-state index contributed by atoms with van der Waals surface area (Å²) in [5, 5.41) is 13.0. The highest BCUT2D eigenvalue weighted by molar-refractivity contribution is 6.01. The van der Waals surface area contributed by atoms with Gasteiger partial charge < -0.3 is 9.94 Å². The zero-order chi connectivity index (χ0) is 15.4. The topological polar surface area (TPSA) is 41.8 Å². The average molecular weight is 297 g/mol. The number of benzene rings is 2. The molecule has 0 saturated carbocycles. The molecular weight excluding hydrogens is 281 g/mol. The highest BCUT2D eigenvalue weighted by Gasteiger charge is 2.23. The first-order valence-electron chi connectivity index (χ1n) is 7.12. The maximum Gasteiger partial charge on any atom is 0.158 e. The minimum Gasteiger partial charge on any atom is -0.392 e. The molecule has 1 aliphatic heterocycles. The monoisotopic (exact) mass is 297 g/mol. The van der Waals surface area contributed by atoms with E-state index in [2.05, 4.69) is 5.16 Å². The van der Waals surface area contributed by atoms with Crippen LogP contribution in [-0.4, -0.2) is 17.4 Å². The number of halogens is 1. The predicted molar refractivity (Wildman–Crippen MR) is 83.9 cm³/mol. The van der Waals surface area contributed by atoms with Gasteiger partial charge in [0.15, 0.2) is 6.10 Å². The van der Waals surface area contributed by atoms with Crippen LogP contribution in [0.4, 0.5) is 4.39 Å². The molecule has 0 aliphatic carbocycles. The maximum absolute atomic E-state index is 13.0. The summed E-state index contributed by atoms with van der Waals surface area (Å²) < 4.78 is 13.0. The zero-order valence-electron chi connectivity index (χ0n) is 11.9. The van der Waals surface area contributed by atoms with Gasteiger partial charge >= 0.3 is 0 Å². The van der Waals surface area contributed by atoms with E-state index in [1.165, 1.54) is 12.1 Å². The summed E-state index contributed by atoms with van der Waals surface area (Å²) in [4.78, 5) is 5.47. The lowest BCUT2D eigenvalue weighted by Gasteiger charge is -2.08. The van der Waals surface area contributed by atoms with E-state index < -0.39 is 0 Å². The van der Waals surface area contributed by atoms with Crippen LogP contribution in [0.2, 0.25) is 0 Å². The normalized spacial score (nSPS) is 17.5. The highest BCUT2D eigenvalue weighted by atomic mass is 19.1. The number of rotatable bonds is 4. The molecule has 22 heavy (non-hydrogen) atoms. The van der Waals surface area contributed by atoms with Crippen LogP contribution < -0.4 is 0 Å². The van der Waals surface area contributed by atoms with Gasteiger partial charge in [-0.3, -0.25) is 0 Å². The molecule has 3 rings (SSSR count). The number of hydrogen-bond acceptors (Lipinski definition) is 3. The largest absolute Gasteiger partial charge is 0.392 e. The lowest BCUT2D eigenvalue weighted by Crippen LogP contribution is -2.01. The summed E-state index contributed by atoms with van der Waals surface area (Å²) in [7, 11) is 0. The fourth-order valence-electron chi connectivity index (χ4n) is 2.41. The van der Waals surface area contributed by atoms with Gasteiger partial charge in [-0.15, -0.1) is 0 Å². The van der Waals surface area contributed by atoms with E-state index in [1.807, 2.05) is 30.3 Å². The Labute approximate surface area is 128 Å². The number of oxime groups is 1. The molecule has 1 heterocycles. The second-order valence-corrected chi connectivity index (χ2v) is 5.10. The van der Waals surface area contributed by atoms with E-state index in [-0.39, 0.29) is 18.5 Å². The molecule has 2 aromatic rings. The van der Waals surface area contributed by atoms with Gasteiger partial charge in [0.1, 0.15) is 5.82 Å². The Balaban J connectivity index is 1.74. The second kappa shape index (κ2) is 6.54. The Morgan fingerprint density at radius 1 is 1.23 bits per heavy atom. The summed E-state index contributed by atoms with van der Waals surface area (Å²) in [6.07, 6.45) is 4.02. The van der Waals surface area contributed by atoms with Crippen molar-refractivity contribution in [1.82, 2.24) is 0 Å². The van der Waals surface area contributed by atoms with Gasteiger partial charge in [0.2, 0.25) is 0 Å². The first-order chi connectivity index (χ1) is 10.8.